The number of thiazole rings is 1. The average Bonchev–Trinajstić information content (AvgIpc) is 3.26. The summed E-state index contributed by atoms with van der Waals surface area (Å²) in [5.41, 5.74) is 1.47. The number of rotatable bonds is 4. The molecule has 1 aromatic carbocycles. The fraction of sp³-hybridized carbons (Fsp3) is 0.300. The SMILES string of the molecule is FC1CCN(Cc2cc3ccc(Oc4nc5ncccc5s4)cc3o2)CC1. The summed E-state index contributed by atoms with van der Waals surface area (Å²) in [5.74, 6) is 1.57. The van der Waals surface area contributed by atoms with Crippen molar-refractivity contribution >= 4 is 32.7 Å². The van der Waals surface area contributed by atoms with Gasteiger partial charge in [0.05, 0.1) is 11.2 Å². The number of nitrogens with zero attached hydrogens (tertiary/aromatic N) is 3. The largest absolute Gasteiger partial charge is 0.460 e. The maximum Gasteiger partial charge on any atom is 0.281 e. The number of aromatic nitrogens is 2. The molecule has 1 aliphatic heterocycles. The third kappa shape index (κ3) is 3.52. The molecule has 0 N–H and O–H groups in total. The molecule has 1 aliphatic rings. The van der Waals surface area contributed by atoms with E-state index in [9.17, 15) is 4.39 Å². The molecule has 5 nitrogen and oxygen atoms in total. The van der Waals surface area contributed by atoms with E-state index in [1.54, 1.807) is 6.20 Å². The molecule has 0 spiro atoms. The lowest BCUT2D eigenvalue weighted by atomic mass is 10.1. The van der Waals surface area contributed by atoms with Gasteiger partial charge >= 0.3 is 0 Å². The molecule has 0 atom stereocenters. The first-order valence-corrected chi connectivity index (χ1v) is 9.83. The van der Waals surface area contributed by atoms with Crippen LogP contribution in [0.15, 0.2) is 47.0 Å². The number of alkyl halides is 1. The van der Waals surface area contributed by atoms with Crippen LogP contribution >= 0.6 is 11.3 Å². The predicted molar refractivity (Wildman–Crippen MR) is 103 cm³/mol. The first-order valence-electron chi connectivity index (χ1n) is 9.01. The number of pyridine rings is 1. The van der Waals surface area contributed by atoms with Gasteiger partial charge in [0, 0.05) is 30.7 Å². The highest BCUT2D eigenvalue weighted by atomic mass is 32.1. The van der Waals surface area contributed by atoms with Crippen LogP contribution in [0.4, 0.5) is 4.39 Å². The third-order valence-corrected chi connectivity index (χ3v) is 5.68. The molecule has 7 heteroatoms. The van der Waals surface area contributed by atoms with Crippen molar-refractivity contribution in [1.29, 1.82) is 0 Å². The molecule has 1 fully saturated rings. The van der Waals surface area contributed by atoms with E-state index in [2.05, 4.69) is 14.9 Å². The minimum atomic E-state index is -0.658. The first-order chi connectivity index (χ1) is 13.2. The van der Waals surface area contributed by atoms with E-state index in [0.29, 0.717) is 36.0 Å². The maximum atomic E-state index is 13.3. The fourth-order valence-corrected chi connectivity index (χ4v) is 4.18. The highest BCUT2D eigenvalue weighted by Crippen LogP contribution is 2.32. The molecule has 5 rings (SSSR count). The van der Waals surface area contributed by atoms with E-state index in [0.717, 1.165) is 34.5 Å². The standard InChI is InChI=1S/C20H18FN3O2S/c21-14-5-8-24(9-6-14)12-16-10-13-3-4-15(11-17(13)25-16)26-20-23-19-18(27-20)2-1-7-22-19/h1-4,7,10-11,14H,5-6,8-9,12H2. The topological polar surface area (TPSA) is 51.4 Å². The Balaban J connectivity index is 1.34. The zero-order chi connectivity index (χ0) is 18.2. The molecule has 1 saturated heterocycles. The summed E-state index contributed by atoms with van der Waals surface area (Å²) in [6.45, 7) is 2.26. The Labute approximate surface area is 159 Å². The predicted octanol–water partition coefficient (Wildman–Crippen LogP) is 5.16. The van der Waals surface area contributed by atoms with Crippen LogP contribution < -0.4 is 4.74 Å². The van der Waals surface area contributed by atoms with Gasteiger partial charge < -0.3 is 9.15 Å². The van der Waals surface area contributed by atoms with Crippen molar-refractivity contribution in [2.45, 2.75) is 25.6 Å². The van der Waals surface area contributed by atoms with Gasteiger partial charge in [-0.05, 0) is 43.2 Å². The molecule has 0 aliphatic carbocycles. The maximum absolute atomic E-state index is 13.3. The summed E-state index contributed by atoms with van der Waals surface area (Å²) in [7, 11) is 0. The van der Waals surface area contributed by atoms with Crippen LogP contribution in [0.5, 0.6) is 10.9 Å². The molecule has 4 aromatic rings. The number of halogens is 1. The highest BCUT2D eigenvalue weighted by Gasteiger charge is 2.19. The third-order valence-electron chi connectivity index (χ3n) is 4.79. The molecule has 4 heterocycles. The Morgan fingerprint density at radius 2 is 2.11 bits per heavy atom. The van der Waals surface area contributed by atoms with E-state index >= 15 is 0 Å². The number of hydrogen-bond acceptors (Lipinski definition) is 6. The van der Waals surface area contributed by atoms with Crippen molar-refractivity contribution in [1.82, 2.24) is 14.9 Å². The monoisotopic (exact) mass is 383 g/mol. The summed E-state index contributed by atoms with van der Waals surface area (Å²) in [5, 5.41) is 1.59. The van der Waals surface area contributed by atoms with Gasteiger partial charge in [0.2, 0.25) is 0 Å². The molecule has 0 amide bonds. The zero-order valence-corrected chi connectivity index (χ0v) is 15.4. The minimum Gasteiger partial charge on any atom is -0.460 e. The molecular formula is C20H18FN3O2S. The number of benzene rings is 1. The zero-order valence-electron chi connectivity index (χ0n) is 14.6. The van der Waals surface area contributed by atoms with Crippen LogP contribution in [-0.4, -0.2) is 34.1 Å². The van der Waals surface area contributed by atoms with E-state index in [-0.39, 0.29) is 0 Å². The highest BCUT2D eigenvalue weighted by molar-refractivity contribution is 7.20. The van der Waals surface area contributed by atoms with Gasteiger partial charge in [-0.1, -0.05) is 11.3 Å². The number of likely N-dealkylation sites (tertiary alicyclic amines) is 1. The van der Waals surface area contributed by atoms with Crippen molar-refractivity contribution in [3.63, 3.8) is 0 Å². The molecule has 138 valence electrons. The van der Waals surface area contributed by atoms with Crippen molar-refractivity contribution in [3.8, 4) is 10.9 Å². The Hall–Kier alpha value is -2.51. The van der Waals surface area contributed by atoms with Crippen LogP contribution in [0.25, 0.3) is 21.3 Å². The second-order valence-electron chi connectivity index (χ2n) is 6.77. The van der Waals surface area contributed by atoms with Gasteiger partial charge in [0.15, 0.2) is 5.65 Å². The van der Waals surface area contributed by atoms with Gasteiger partial charge in [-0.3, -0.25) is 4.90 Å². The Morgan fingerprint density at radius 1 is 1.22 bits per heavy atom. The molecule has 27 heavy (non-hydrogen) atoms. The summed E-state index contributed by atoms with van der Waals surface area (Å²) in [4.78, 5) is 10.9. The van der Waals surface area contributed by atoms with Crippen molar-refractivity contribution in [3.05, 3.63) is 48.4 Å². The molecular weight excluding hydrogens is 365 g/mol. The molecule has 0 saturated carbocycles. The van der Waals surface area contributed by atoms with Crippen molar-refractivity contribution in [2.24, 2.45) is 0 Å². The van der Waals surface area contributed by atoms with E-state index in [1.165, 1.54) is 11.3 Å². The van der Waals surface area contributed by atoms with Crippen LogP contribution in [0.3, 0.4) is 0 Å². The summed E-state index contributed by atoms with van der Waals surface area (Å²) < 4.78 is 26.2. The van der Waals surface area contributed by atoms with Gasteiger partial charge in [-0.15, -0.1) is 0 Å². The van der Waals surface area contributed by atoms with Crippen LogP contribution in [0, 0.1) is 0 Å². The number of ether oxygens (including phenoxy) is 1. The van der Waals surface area contributed by atoms with Crippen LogP contribution in [0.1, 0.15) is 18.6 Å². The molecule has 0 unspecified atom stereocenters. The second-order valence-corrected chi connectivity index (χ2v) is 7.76. The van der Waals surface area contributed by atoms with E-state index in [1.807, 2.05) is 36.4 Å². The first kappa shape index (κ1) is 16.6. The Bertz CT molecular complexity index is 1050. The summed E-state index contributed by atoms with van der Waals surface area (Å²) >= 11 is 1.46. The van der Waals surface area contributed by atoms with Crippen LogP contribution in [0.2, 0.25) is 0 Å². The second kappa shape index (κ2) is 6.90. The van der Waals surface area contributed by atoms with Crippen molar-refractivity contribution < 1.29 is 13.5 Å². The summed E-state index contributed by atoms with van der Waals surface area (Å²) in [6, 6.07) is 11.7. The van der Waals surface area contributed by atoms with Crippen LogP contribution in [-0.2, 0) is 6.54 Å². The molecule has 0 bridgehead atoms. The van der Waals surface area contributed by atoms with E-state index < -0.39 is 6.17 Å². The lowest BCUT2D eigenvalue weighted by Crippen LogP contribution is -2.33. The number of piperidine rings is 1. The van der Waals surface area contributed by atoms with Gasteiger partial charge in [-0.2, -0.15) is 4.98 Å². The normalized spacial score (nSPS) is 16.3. The number of furan rings is 1. The summed E-state index contributed by atoms with van der Waals surface area (Å²) in [6.07, 6.45) is 2.28. The smallest absolute Gasteiger partial charge is 0.281 e. The number of hydrogen-bond donors (Lipinski definition) is 0. The molecule has 0 radical (unpaired) electrons. The average molecular weight is 383 g/mol. The lowest BCUT2D eigenvalue weighted by molar-refractivity contribution is 0.138. The fourth-order valence-electron chi connectivity index (χ4n) is 3.38. The molecule has 3 aromatic heterocycles. The van der Waals surface area contributed by atoms with Gasteiger partial charge in [0.25, 0.3) is 5.19 Å². The van der Waals surface area contributed by atoms with E-state index in [4.69, 9.17) is 9.15 Å². The Kier molecular flexibility index (Phi) is 4.26. The van der Waals surface area contributed by atoms with Gasteiger partial charge in [0.1, 0.15) is 23.3 Å². The quantitative estimate of drug-likeness (QED) is 0.487. The number of fused-ring (bicyclic) bond motifs is 2. The Morgan fingerprint density at radius 3 is 2.96 bits per heavy atom. The van der Waals surface area contributed by atoms with Gasteiger partial charge in [-0.25, -0.2) is 9.37 Å². The lowest BCUT2D eigenvalue weighted by Gasteiger charge is -2.27. The van der Waals surface area contributed by atoms with Crippen molar-refractivity contribution in [2.75, 3.05) is 13.1 Å². The minimum absolute atomic E-state index is 0.559.